The van der Waals surface area contributed by atoms with Crippen LogP contribution in [0.5, 0.6) is 0 Å². The van der Waals surface area contributed by atoms with Gasteiger partial charge < -0.3 is 20.1 Å². The topological polar surface area (TPSA) is 120 Å². The molecule has 3 aromatic rings. The Labute approximate surface area is 183 Å². The lowest BCUT2D eigenvalue weighted by atomic mass is 9.95. The third kappa shape index (κ3) is 4.41. The Bertz CT molecular complexity index is 1210. The molecule has 2 N–H and O–H groups in total. The minimum Gasteiger partial charge on any atom is -0.463 e. The van der Waals surface area contributed by atoms with Crippen molar-refractivity contribution in [1.29, 1.82) is 0 Å². The lowest BCUT2D eigenvalue weighted by Crippen LogP contribution is -2.47. The van der Waals surface area contributed by atoms with Crippen molar-refractivity contribution >= 4 is 29.0 Å². The summed E-state index contributed by atoms with van der Waals surface area (Å²) in [6, 6.07) is 14.8. The van der Waals surface area contributed by atoms with E-state index in [1.54, 1.807) is 49.4 Å². The molecule has 2 heterocycles. The maximum Gasteiger partial charge on any atom is 0.358 e. The fourth-order valence-electron chi connectivity index (χ4n) is 3.34. The highest BCUT2D eigenvalue weighted by Gasteiger charge is 2.34. The molecular formula is C23H20N4O5. The van der Waals surface area contributed by atoms with E-state index in [1.807, 2.05) is 12.1 Å². The van der Waals surface area contributed by atoms with E-state index in [2.05, 4.69) is 20.6 Å². The van der Waals surface area contributed by atoms with Gasteiger partial charge in [-0.3, -0.25) is 4.98 Å². The van der Waals surface area contributed by atoms with Crippen molar-refractivity contribution in [1.82, 2.24) is 20.6 Å². The number of nitrogens with zero attached hydrogens (tertiary/aromatic N) is 2. The lowest BCUT2D eigenvalue weighted by molar-refractivity contribution is -0.139. The molecule has 1 aliphatic rings. The molecule has 9 heteroatoms. The Morgan fingerprint density at radius 3 is 2.44 bits per heavy atom. The summed E-state index contributed by atoms with van der Waals surface area (Å²) in [7, 11) is 0. The molecule has 0 radical (unpaired) electrons. The Balaban J connectivity index is 1.62. The number of benzene rings is 2. The molecule has 162 valence electrons. The number of rotatable bonds is 6. The van der Waals surface area contributed by atoms with Crippen molar-refractivity contribution in [3.63, 3.8) is 0 Å². The van der Waals surface area contributed by atoms with Gasteiger partial charge in [0, 0.05) is 0 Å². The number of esters is 2. The molecule has 2 amide bonds. The average Bonchev–Trinajstić information content (AvgIpc) is 2.82. The first kappa shape index (κ1) is 21.0. The highest BCUT2D eigenvalue weighted by Crippen LogP contribution is 2.28. The van der Waals surface area contributed by atoms with Gasteiger partial charge in [0.15, 0.2) is 5.69 Å². The first-order valence-corrected chi connectivity index (χ1v) is 9.98. The van der Waals surface area contributed by atoms with Gasteiger partial charge in [0.2, 0.25) is 0 Å². The Morgan fingerprint density at radius 2 is 1.69 bits per heavy atom. The molecule has 0 bridgehead atoms. The quantitative estimate of drug-likeness (QED) is 0.575. The van der Waals surface area contributed by atoms with Gasteiger partial charge >= 0.3 is 18.0 Å². The standard InChI is InChI=1S/C23H20N4O5/c1-2-31-22(29)19-18(26-23(30)27-20(19)14-8-4-3-5-9-14)13-32-21(28)17-12-24-15-10-6-7-11-16(15)25-17/h3-12,20H,2,13H2,1H3,(H2,26,27,30)/t20-/m0/s1. The van der Waals surface area contributed by atoms with Crippen LogP contribution in [-0.4, -0.2) is 41.2 Å². The first-order chi connectivity index (χ1) is 15.6. The van der Waals surface area contributed by atoms with Gasteiger partial charge in [0.25, 0.3) is 0 Å². The summed E-state index contributed by atoms with van der Waals surface area (Å²) < 4.78 is 10.5. The number of aromatic nitrogens is 2. The van der Waals surface area contributed by atoms with Crippen molar-refractivity contribution in [2.75, 3.05) is 13.2 Å². The second kappa shape index (κ2) is 9.25. The van der Waals surface area contributed by atoms with E-state index in [1.165, 1.54) is 6.20 Å². The summed E-state index contributed by atoms with van der Waals surface area (Å²) >= 11 is 0. The summed E-state index contributed by atoms with van der Waals surface area (Å²) in [5.41, 5.74) is 2.20. The van der Waals surface area contributed by atoms with Crippen LogP contribution in [-0.2, 0) is 14.3 Å². The van der Waals surface area contributed by atoms with Crippen molar-refractivity contribution in [3.05, 3.63) is 83.3 Å². The van der Waals surface area contributed by atoms with Gasteiger partial charge in [-0.2, -0.15) is 0 Å². The number of urea groups is 1. The molecule has 1 aliphatic heterocycles. The zero-order valence-electron chi connectivity index (χ0n) is 17.2. The maximum absolute atomic E-state index is 12.7. The highest BCUT2D eigenvalue weighted by atomic mass is 16.5. The molecule has 0 fully saturated rings. The number of carbonyl (C=O) groups is 3. The summed E-state index contributed by atoms with van der Waals surface area (Å²) in [6.07, 6.45) is 1.32. The van der Waals surface area contributed by atoms with E-state index in [4.69, 9.17) is 9.47 Å². The smallest absolute Gasteiger partial charge is 0.358 e. The van der Waals surface area contributed by atoms with Crippen molar-refractivity contribution in [2.45, 2.75) is 13.0 Å². The van der Waals surface area contributed by atoms with Gasteiger partial charge in [-0.05, 0) is 24.6 Å². The summed E-state index contributed by atoms with van der Waals surface area (Å²) in [6.45, 7) is 1.48. The molecule has 1 atom stereocenters. The number of amides is 2. The number of nitrogens with one attached hydrogen (secondary N) is 2. The zero-order valence-corrected chi connectivity index (χ0v) is 17.2. The van der Waals surface area contributed by atoms with Crippen LogP contribution in [0.25, 0.3) is 11.0 Å². The third-order valence-corrected chi connectivity index (χ3v) is 4.79. The van der Waals surface area contributed by atoms with E-state index in [9.17, 15) is 14.4 Å². The molecule has 0 aliphatic carbocycles. The van der Waals surface area contributed by atoms with Crippen LogP contribution in [0.3, 0.4) is 0 Å². The van der Waals surface area contributed by atoms with Crippen LogP contribution in [0.2, 0.25) is 0 Å². The van der Waals surface area contributed by atoms with E-state index >= 15 is 0 Å². The van der Waals surface area contributed by atoms with Crippen molar-refractivity contribution < 1.29 is 23.9 Å². The minimum absolute atomic E-state index is 0.0156. The van der Waals surface area contributed by atoms with Gasteiger partial charge in [-0.15, -0.1) is 0 Å². The van der Waals surface area contributed by atoms with E-state index in [0.29, 0.717) is 16.6 Å². The maximum atomic E-state index is 12.7. The van der Waals surface area contributed by atoms with Gasteiger partial charge in [0.05, 0.1) is 41.1 Å². The van der Waals surface area contributed by atoms with E-state index in [0.717, 1.165) is 0 Å². The van der Waals surface area contributed by atoms with Gasteiger partial charge in [0.1, 0.15) is 6.61 Å². The molecular weight excluding hydrogens is 412 g/mol. The Kier molecular flexibility index (Phi) is 6.07. The minimum atomic E-state index is -0.752. The average molecular weight is 432 g/mol. The molecule has 2 aromatic carbocycles. The molecule has 4 rings (SSSR count). The van der Waals surface area contributed by atoms with Crippen LogP contribution < -0.4 is 10.6 Å². The van der Waals surface area contributed by atoms with Crippen LogP contribution in [0, 0.1) is 0 Å². The molecule has 32 heavy (non-hydrogen) atoms. The third-order valence-electron chi connectivity index (χ3n) is 4.79. The number of para-hydroxylation sites is 2. The predicted molar refractivity (Wildman–Crippen MR) is 114 cm³/mol. The first-order valence-electron chi connectivity index (χ1n) is 9.98. The van der Waals surface area contributed by atoms with Crippen LogP contribution in [0.1, 0.15) is 29.0 Å². The number of hydrogen-bond acceptors (Lipinski definition) is 7. The number of ether oxygens (including phenoxy) is 2. The summed E-state index contributed by atoms with van der Waals surface area (Å²) in [5, 5.41) is 5.28. The SMILES string of the molecule is CCOC(=O)C1=C(COC(=O)c2cnc3ccccc3n2)NC(=O)N[C@H]1c1ccccc1. The van der Waals surface area contributed by atoms with Crippen LogP contribution in [0.15, 0.2) is 72.1 Å². The fourth-order valence-corrected chi connectivity index (χ4v) is 3.34. The number of fused-ring (bicyclic) bond motifs is 1. The summed E-state index contributed by atoms with van der Waals surface area (Å²) in [4.78, 5) is 46.0. The number of hydrogen-bond donors (Lipinski definition) is 2. The van der Waals surface area contributed by atoms with Crippen molar-refractivity contribution in [3.8, 4) is 0 Å². The molecule has 0 saturated heterocycles. The Morgan fingerprint density at radius 1 is 0.969 bits per heavy atom. The van der Waals surface area contributed by atoms with E-state index in [-0.39, 0.29) is 30.2 Å². The highest BCUT2D eigenvalue weighted by molar-refractivity contribution is 5.95. The molecule has 0 saturated carbocycles. The van der Waals surface area contributed by atoms with Gasteiger partial charge in [-0.25, -0.2) is 19.4 Å². The molecule has 1 aromatic heterocycles. The number of carbonyl (C=O) groups excluding carboxylic acids is 3. The van der Waals surface area contributed by atoms with Gasteiger partial charge in [-0.1, -0.05) is 42.5 Å². The largest absolute Gasteiger partial charge is 0.463 e. The fraction of sp³-hybridized carbons (Fsp3) is 0.174. The van der Waals surface area contributed by atoms with Crippen LogP contribution >= 0.6 is 0 Å². The molecule has 0 spiro atoms. The normalized spacial score (nSPS) is 15.7. The molecule has 9 nitrogen and oxygen atoms in total. The summed E-state index contributed by atoms with van der Waals surface area (Å²) in [5.74, 6) is -1.35. The Hall–Kier alpha value is -4.27. The van der Waals surface area contributed by atoms with Crippen molar-refractivity contribution in [2.24, 2.45) is 0 Å². The van der Waals surface area contributed by atoms with Crippen LogP contribution in [0.4, 0.5) is 4.79 Å². The van der Waals surface area contributed by atoms with E-state index < -0.39 is 24.0 Å². The second-order valence-electron chi connectivity index (χ2n) is 6.87. The zero-order chi connectivity index (χ0) is 22.5. The monoisotopic (exact) mass is 432 g/mol. The molecule has 0 unspecified atom stereocenters. The second-order valence-corrected chi connectivity index (χ2v) is 6.87. The lowest BCUT2D eigenvalue weighted by Gasteiger charge is -2.29. The predicted octanol–water partition coefficient (Wildman–Crippen LogP) is 2.66.